The molecule has 0 radical (unpaired) electrons. The summed E-state index contributed by atoms with van der Waals surface area (Å²) in [7, 11) is 1.42. The summed E-state index contributed by atoms with van der Waals surface area (Å²) >= 11 is 1.40. The number of fused-ring (bicyclic) bond motifs is 1. The first-order valence-electron chi connectivity index (χ1n) is 9.83. The van der Waals surface area contributed by atoms with Crippen LogP contribution in [-0.2, 0) is 17.1 Å². The zero-order valence-electron chi connectivity index (χ0n) is 17.9. The van der Waals surface area contributed by atoms with E-state index in [9.17, 15) is 9.59 Å². The molecule has 0 bridgehead atoms. The van der Waals surface area contributed by atoms with Crippen LogP contribution in [-0.4, -0.2) is 34.3 Å². The molecule has 0 saturated carbocycles. The van der Waals surface area contributed by atoms with Gasteiger partial charge in [0, 0.05) is 40.7 Å². The number of carbonyl (C=O) groups is 1. The lowest BCUT2D eigenvalue weighted by molar-refractivity contribution is -0.116. The second-order valence-electron chi connectivity index (χ2n) is 7.16. The standard InChI is InChI=1S/C22H22N4O5S/c1-13-6-14(2)24-22(23-13)32-11-16-8-17(27)20(29-3)9-26(16)10-21(28)25-15-4-5-18-19(7-15)31-12-30-18/h4-9H,10-12H2,1-3H3,(H,25,28). The second-order valence-corrected chi connectivity index (χ2v) is 8.11. The lowest BCUT2D eigenvalue weighted by atomic mass is 10.2. The summed E-state index contributed by atoms with van der Waals surface area (Å²) in [6.07, 6.45) is 1.54. The minimum Gasteiger partial charge on any atom is -0.491 e. The number of carbonyl (C=O) groups excluding carboxylic acids is 1. The fourth-order valence-corrected chi connectivity index (χ4v) is 4.19. The van der Waals surface area contributed by atoms with E-state index >= 15 is 0 Å². The Bertz CT molecular complexity index is 1210. The van der Waals surface area contributed by atoms with Gasteiger partial charge >= 0.3 is 0 Å². The average molecular weight is 455 g/mol. The number of rotatable bonds is 7. The molecule has 0 fully saturated rings. The van der Waals surface area contributed by atoms with Crippen LogP contribution in [0.25, 0.3) is 0 Å². The molecule has 1 N–H and O–H groups in total. The third-order valence-electron chi connectivity index (χ3n) is 4.68. The van der Waals surface area contributed by atoms with Crippen LogP contribution in [0.5, 0.6) is 17.2 Å². The zero-order chi connectivity index (χ0) is 22.7. The van der Waals surface area contributed by atoms with Gasteiger partial charge in [0.25, 0.3) is 0 Å². The molecule has 0 atom stereocenters. The van der Waals surface area contributed by atoms with Crippen molar-refractivity contribution in [2.75, 3.05) is 19.2 Å². The van der Waals surface area contributed by atoms with Crippen molar-refractivity contribution in [3.63, 3.8) is 0 Å². The highest BCUT2D eigenvalue weighted by Crippen LogP contribution is 2.34. The highest BCUT2D eigenvalue weighted by molar-refractivity contribution is 7.98. The van der Waals surface area contributed by atoms with Crippen molar-refractivity contribution < 1.29 is 19.0 Å². The Morgan fingerprint density at radius 3 is 2.66 bits per heavy atom. The van der Waals surface area contributed by atoms with Crippen LogP contribution in [0.3, 0.4) is 0 Å². The van der Waals surface area contributed by atoms with E-state index in [4.69, 9.17) is 14.2 Å². The number of nitrogens with zero attached hydrogens (tertiary/aromatic N) is 3. The topological polar surface area (TPSA) is 105 Å². The highest BCUT2D eigenvalue weighted by Gasteiger charge is 2.16. The molecule has 1 aliphatic heterocycles. The summed E-state index contributed by atoms with van der Waals surface area (Å²) < 4.78 is 17.5. The smallest absolute Gasteiger partial charge is 0.244 e. The highest BCUT2D eigenvalue weighted by atomic mass is 32.2. The molecular weight excluding hydrogens is 432 g/mol. The molecule has 10 heteroatoms. The molecule has 3 aromatic rings. The summed E-state index contributed by atoms with van der Waals surface area (Å²) in [4.78, 5) is 33.9. The first-order chi connectivity index (χ1) is 15.4. The fraction of sp³-hybridized carbons (Fsp3) is 0.273. The maximum atomic E-state index is 12.7. The normalized spacial score (nSPS) is 12.0. The van der Waals surface area contributed by atoms with E-state index in [1.54, 1.807) is 29.0 Å². The summed E-state index contributed by atoms with van der Waals surface area (Å²) in [5.41, 5.74) is 2.73. The van der Waals surface area contributed by atoms with E-state index in [-0.39, 0.29) is 30.4 Å². The summed E-state index contributed by atoms with van der Waals surface area (Å²) in [5, 5.41) is 3.46. The first kappa shape index (κ1) is 21.7. The van der Waals surface area contributed by atoms with Crippen molar-refractivity contribution in [1.82, 2.24) is 14.5 Å². The van der Waals surface area contributed by atoms with Gasteiger partial charge in [-0.1, -0.05) is 11.8 Å². The van der Waals surface area contributed by atoms with Gasteiger partial charge in [-0.25, -0.2) is 9.97 Å². The van der Waals surface area contributed by atoms with Crippen LogP contribution in [0, 0.1) is 13.8 Å². The van der Waals surface area contributed by atoms with Crippen LogP contribution in [0.1, 0.15) is 17.1 Å². The van der Waals surface area contributed by atoms with Gasteiger partial charge in [0.1, 0.15) is 6.54 Å². The van der Waals surface area contributed by atoms with Gasteiger partial charge in [0.2, 0.25) is 18.1 Å². The molecule has 1 aromatic carbocycles. The number of benzene rings is 1. The SMILES string of the molecule is COc1cn(CC(=O)Nc2ccc3c(c2)OCO3)c(CSc2nc(C)cc(C)n2)cc1=O. The third-order valence-corrected chi connectivity index (χ3v) is 5.56. The summed E-state index contributed by atoms with van der Waals surface area (Å²) in [5.74, 6) is 1.54. The number of hydrogen-bond acceptors (Lipinski definition) is 8. The van der Waals surface area contributed by atoms with Crippen LogP contribution in [0.2, 0.25) is 0 Å². The molecule has 0 unspecified atom stereocenters. The van der Waals surface area contributed by atoms with Crippen molar-refractivity contribution in [3.8, 4) is 17.2 Å². The van der Waals surface area contributed by atoms with E-state index in [1.807, 2.05) is 19.9 Å². The van der Waals surface area contributed by atoms with Gasteiger partial charge in [0.15, 0.2) is 22.4 Å². The van der Waals surface area contributed by atoms with Crippen molar-refractivity contribution in [2.45, 2.75) is 31.3 Å². The number of thioether (sulfide) groups is 1. The molecule has 2 aromatic heterocycles. The predicted molar refractivity (Wildman–Crippen MR) is 120 cm³/mol. The van der Waals surface area contributed by atoms with Gasteiger partial charge in [0.05, 0.1) is 13.3 Å². The summed E-state index contributed by atoms with van der Waals surface area (Å²) in [6, 6.07) is 8.56. The van der Waals surface area contributed by atoms with Gasteiger partial charge in [-0.2, -0.15) is 0 Å². The van der Waals surface area contributed by atoms with E-state index in [0.717, 1.165) is 11.4 Å². The van der Waals surface area contributed by atoms with Gasteiger partial charge in [-0.15, -0.1) is 0 Å². The minimum absolute atomic E-state index is 0.00528. The van der Waals surface area contributed by atoms with Gasteiger partial charge in [-0.3, -0.25) is 9.59 Å². The van der Waals surface area contributed by atoms with Crippen molar-refractivity contribution >= 4 is 23.4 Å². The zero-order valence-corrected chi connectivity index (χ0v) is 18.7. The third kappa shape index (κ3) is 5.02. The lowest BCUT2D eigenvalue weighted by Crippen LogP contribution is -2.22. The maximum absolute atomic E-state index is 12.7. The first-order valence-corrected chi connectivity index (χ1v) is 10.8. The molecule has 0 spiro atoms. The Hall–Kier alpha value is -3.53. The molecule has 0 aliphatic carbocycles. The van der Waals surface area contributed by atoms with E-state index in [0.29, 0.717) is 33.8 Å². The average Bonchev–Trinajstić information content (AvgIpc) is 3.20. The molecular formula is C22H22N4O5S. The quantitative estimate of drug-likeness (QED) is 0.429. The Labute approximate surface area is 188 Å². The molecule has 0 saturated heterocycles. The van der Waals surface area contributed by atoms with Crippen molar-refractivity contribution in [1.29, 1.82) is 0 Å². The molecule has 1 amide bonds. The van der Waals surface area contributed by atoms with Gasteiger partial charge in [-0.05, 0) is 32.0 Å². The molecule has 1 aliphatic rings. The number of ether oxygens (including phenoxy) is 3. The Morgan fingerprint density at radius 2 is 1.91 bits per heavy atom. The Morgan fingerprint density at radius 1 is 1.16 bits per heavy atom. The number of hydrogen-bond donors (Lipinski definition) is 1. The second kappa shape index (κ2) is 9.31. The summed E-state index contributed by atoms with van der Waals surface area (Å²) in [6.45, 7) is 3.97. The Kier molecular flexibility index (Phi) is 6.31. The van der Waals surface area contributed by atoms with E-state index < -0.39 is 0 Å². The lowest BCUT2D eigenvalue weighted by Gasteiger charge is -2.15. The van der Waals surface area contributed by atoms with Crippen LogP contribution < -0.4 is 25.0 Å². The molecule has 4 rings (SSSR count). The van der Waals surface area contributed by atoms with Crippen LogP contribution in [0.15, 0.2) is 46.5 Å². The molecule has 32 heavy (non-hydrogen) atoms. The van der Waals surface area contributed by atoms with Crippen LogP contribution in [0.4, 0.5) is 5.69 Å². The fourth-order valence-electron chi connectivity index (χ4n) is 3.24. The molecule has 166 valence electrons. The monoisotopic (exact) mass is 454 g/mol. The Balaban J connectivity index is 1.52. The predicted octanol–water partition coefficient (Wildman–Crippen LogP) is 2.92. The van der Waals surface area contributed by atoms with Gasteiger partial charge < -0.3 is 24.1 Å². The number of amides is 1. The van der Waals surface area contributed by atoms with E-state index in [1.165, 1.54) is 24.9 Å². The van der Waals surface area contributed by atoms with Crippen molar-refractivity contribution in [2.24, 2.45) is 0 Å². The number of pyridine rings is 1. The molecule has 3 heterocycles. The minimum atomic E-state index is -0.261. The number of methoxy groups -OCH3 is 1. The number of aromatic nitrogens is 3. The molecule has 9 nitrogen and oxygen atoms in total. The van der Waals surface area contributed by atoms with Crippen molar-refractivity contribution in [3.05, 3.63) is 63.8 Å². The largest absolute Gasteiger partial charge is 0.491 e. The maximum Gasteiger partial charge on any atom is 0.244 e. The van der Waals surface area contributed by atoms with E-state index in [2.05, 4.69) is 15.3 Å². The number of anilines is 1. The number of nitrogens with one attached hydrogen (secondary N) is 1. The number of aryl methyl sites for hydroxylation is 2. The van der Waals surface area contributed by atoms with Crippen LogP contribution >= 0.6 is 11.8 Å².